The molecule has 0 aliphatic carbocycles. The summed E-state index contributed by atoms with van der Waals surface area (Å²) >= 11 is 0. The van der Waals surface area contributed by atoms with Crippen LogP contribution in [0.15, 0.2) is 42.6 Å². The number of nitrogens with zero attached hydrogens (tertiary/aromatic N) is 2. The summed E-state index contributed by atoms with van der Waals surface area (Å²) in [5.74, 6) is 0.271. The van der Waals surface area contributed by atoms with Crippen LogP contribution in [0.2, 0.25) is 0 Å². The van der Waals surface area contributed by atoms with Gasteiger partial charge in [0, 0.05) is 38.3 Å². The lowest BCUT2D eigenvalue weighted by Crippen LogP contribution is -2.39. The van der Waals surface area contributed by atoms with Gasteiger partial charge >= 0.3 is 0 Å². The molecule has 1 fully saturated rings. The molecule has 6 nitrogen and oxygen atoms in total. The molecular weight excluding hydrogens is 352 g/mol. The van der Waals surface area contributed by atoms with Crippen molar-refractivity contribution in [2.45, 2.75) is 26.3 Å². The highest BCUT2D eigenvalue weighted by Gasteiger charge is 2.20. The lowest BCUT2D eigenvalue weighted by Gasteiger charge is -2.29. The minimum atomic E-state index is -0.143. The first kappa shape index (κ1) is 20.0. The van der Waals surface area contributed by atoms with E-state index in [2.05, 4.69) is 27.6 Å². The number of nitrogens with one attached hydrogen (secondary N) is 2. The number of piperidine rings is 1. The van der Waals surface area contributed by atoms with Crippen LogP contribution in [0, 0.1) is 5.92 Å². The smallest absolute Gasteiger partial charge is 0.270 e. The molecule has 0 spiro atoms. The maximum atomic E-state index is 12.8. The van der Waals surface area contributed by atoms with Crippen LogP contribution in [0.25, 0.3) is 11.1 Å². The summed E-state index contributed by atoms with van der Waals surface area (Å²) in [7, 11) is 2.12. The molecular formula is C22H28N4O2. The first-order chi connectivity index (χ1) is 13.5. The number of amides is 2. The fraction of sp³-hybridized carbons (Fsp3) is 0.409. The average molecular weight is 380 g/mol. The standard InChI is InChI=1S/C22H28N4O2/c1-16(27)24-13-17-6-3-8-19(12-17)20-9-4-10-23-21(20)22(28)25-14-18-7-5-11-26(2)15-18/h3-4,6,8-10,12,18H,5,7,11,13-15H2,1-2H3,(H,24,27)(H,25,28)/t18-/m0/s1. The van der Waals surface area contributed by atoms with Gasteiger partial charge in [-0.2, -0.15) is 0 Å². The van der Waals surface area contributed by atoms with Crippen molar-refractivity contribution in [3.05, 3.63) is 53.9 Å². The fourth-order valence-electron chi connectivity index (χ4n) is 3.66. The minimum absolute atomic E-state index is 0.0693. The SMILES string of the molecule is CC(=O)NCc1cccc(-c2cccnc2C(=O)NC[C@@H]2CCCN(C)C2)c1. The van der Waals surface area contributed by atoms with Gasteiger partial charge in [-0.1, -0.05) is 24.3 Å². The van der Waals surface area contributed by atoms with Crippen molar-refractivity contribution in [3.63, 3.8) is 0 Å². The molecule has 1 aromatic carbocycles. The summed E-state index contributed by atoms with van der Waals surface area (Å²) in [5, 5.41) is 5.87. The molecule has 2 N–H and O–H groups in total. The Balaban J connectivity index is 1.73. The lowest BCUT2D eigenvalue weighted by molar-refractivity contribution is -0.119. The zero-order valence-electron chi connectivity index (χ0n) is 16.6. The number of likely N-dealkylation sites (tertiary alicyclic amines) is 1. The molecule has 28 heavy (non-hydrogen) atoms. The molecule has 2 aromatic rings. The van der Waals surface area contributed by atoms with E-state index in [-0.39, 0.29) is 11.8 Å². The van der Waals surface area contributed by atoms with Gasteiger partial charge in [0.1, 0.15) is 5.69 Å². The number of pyridine rings is 1. The second kappa shape index (κ2) is 9.46. The van der Waals surface area contributed by atoms with E-state index in [9.17, 15) is 9.59 Å². The molecule has 148 valence electrons. The van der Waals surface area contributed by atoms with Gasteiger partial charge in [0.15, 0.2) is 0 Å². The van der Waals surface area contributed by atoms with E-state index < -0.39 is 0 Å². The molecule has 1 aliphatic rings. The number of hydrogen-bond donors (Lipinski definition) is 2. The van der Waals surface area contributed by atoms with Crippen LogP contribution < -0.4 is 10.6 Å². The highest BCUT2D eigenvalue weighted by atomic mass is 16.2. The highest BCUT2D eigenvalue weighted by Crippen LogP contribution is 2.23. The number of rotatable bonds is 6. The van der Waals surface area contributed by atoms with Crippen LogP contribution in [-0.2, 0) is 11.3 Å². The van der Waals surface area contributed by atoms with E-state index in [4.69, 9.17) is 0 Å². The number of benzene rings is 1. The fourth-order valence-corrected chi connectivity index (χ4v) is 3.66. The van der Waals surface area contributed by atoms with E-state index in [1.807, 2.05) is 36.4 Å². The largest absolute Gasteiger partial charge is 0.352 e. The maximum absolute atomic E-state index is 12.8. The van der Waals surface area contributed by atoms with Gasteiger partial charge in [0.05, 0.1) is 0 Å². The van der Waals surface area contributed by atoms with Crippen LogP contribution in [0.4, 0.5) is 0 Å². The van der Waals surface area contributed by atoms with Crippen LogP contribution in [0.3, 0.4) is 0 Å². The van der Waals surface area contributed by atoms with E-state index in [0.29, 0.717) is 24.7 Å². The molecule has 1 aromatic heterocycles. The topological polar surface area (TPSA) is 74.3 Å². The number of carbonyl (C=O) groups is 2. The Morgan fingerprint density at radius 1 is 1.21 bits per heavy atom. The molecule has 2 amide bonds. The number of hydrogen-bond acceptors (Lipinski definition) is 4. The molecule has 1 atom stereocenters. The lowest BCUT2D eigenvalue weighted by atomic mass is 9.98. The van der Waals surface area contributed by atoms with E-state index in [1.54, 1.807) is 6.20 Å². The summed E-state index contributed by atoms with van der Waals surface area (Å²) in [6.45, 7) is 4.77. The molecule has 1 saturated heterocycles. The van der Waals surface area contributed by atoms with Crippen LogP contribution in [0.1, 0.15) is 35.8 Å². The second-order valence-electron chi connectivity index (χ2n) is 7.49. The molecule has 0 radical (unpaired) electrons. The van der Waals surface area contributed by atoms with E-state index in [0.717, 1.165) is 36.2 Å². The number of aromatic nitrogens is 1. The minimum Gasteiger partial charge on any atom is -0.352 e. The Bertz CT molecular complexity index is 837. The van der Waals surface area contributed by atoms with E-state index >= 15 is 0 Å². The number of carbonyl (C=O) groups excluding carboxylic acids is 2. The third-order valence-corrected chi connectivity index (χ3v) is 5.08. The monoisotopic (exact) mass is 380 g/mol. The Morgan fingerprint density at radius 3 is 2.86 bits per heavy atom. The van der Waals surface area contributed by atoms with Crippen molar-refractivity contribution in [3.8, 4) is 11.1 Å². The Kier molecular flexibility index (Phi) is 6.76. The molecule has 6 heteroatoms. The predicted octanol–water partition coefficient (Wildman–Crippen LogP) is 2.46. The summed E-state index contributed by atoms with van der Waals surface area (Å²) in [6.07, 6.45) is 3.96. The Hall–Kier alpha value is -2.73. The molecule has 1 aliphatic heterocycles. The summed E-state index contributed by atoms with van der Waals surface area (Å²) < 4.78 is 0. The Labute approximate surface area is 166 Å². The molecule has 0 saturated carbocycles. The molecule has 3 rings (SSSR count). The van der Waals surface area contributed by atoms with Crippen molar-refractivity contribution in [1.29, 1.82) is 0 Å². The quantitative estimate of drug-likeness (QED) is 0.807. The predicted molar refractivity (Wildman–Crippen MR) is 110 cm³/mol. The normalized spacial score (nSPS) is 17.1. The molecule has 2 heterocycles. The van der Waals surface area contributed by atoms with Gasteiger partial charge in [-0.25, -0.2) is 0 Å². The van der Waals surface area contributed by atoms with Crippen molar-refractivity contribution >= 4 is 11.8 Å². The van der Waals surface area contributed by atoms with Gasteiger partial charge in [0.25, 0.3) is 5.91 Å². The van der Waals surface area contributed by atoms with Crippen LogP contribution in [0.5, 0.6) is 0 Å². The third-order valence-electron chi connectivity index (χ3n) is 5.08. The van der Waals surface area contributed by atoms with E-state index in [1.165, 1.54) is 13.3 Å². The van der Waals surface area contributed by atoms with Gasteiger partial charge < -0.3 is 15.5 Å². The third kappa shape index (κ3) is 5.39. The molecule has 0 unspecified atom stereocenters. The van der Waals surface area contributed by atoms with Crippen molar-refractivity contribution in [2.24, 2.45) is 5.92 Å². The maximum Gasteiger partial charge on any atom is 0.270 e. The Morgan fingerprint density at radius 2 is 2.07 bits per heavy atom. The first-order valence-electron chi connectivity index (χ1n) is 9.78. The molecule has 0 bridgehead atoms. The zero-order valence-corrected chi connectivity index (χ0v) is 16.6. The van der Waals surface area contributed by atoms with Crippen molar-refractivity contribution in [1.82, 2.24) is 20.5 Å². The van der Waals surface area contributed by atoms with Gasteiger partial charge in [-0.3, -0.25) is 14.6 Å². The van der Waals surface area contributed by atoms with Crippen LogP contribution in [-0.4, -0.2) is 48.4 Å². The van der Waals surface area contributed by atoms with Gasteiger partial charge in [-0.05, 0) is 55.6 Å². The van der Waals surface area contributed by atoms with Crippen molar-refractivity contribution < 1.29 is 9.59 Å². The summed E-state index contributed by atoms with van der Waals surface area (Å²) in [5.41, 5.74) is 3.13. The van der Waals surface area contributed by atoms with Crippen molar-refractivity contribution in [2.75, 3.05) is 26.7 Å². The average Bonchev–Trinajstić information content (AvgIpc) is 2.71. The van der Waals surface area contributed by atoms with Gasteiger partial charge in [-0.15, -0.1) is 0 Å². The zero-order chi connectivity index (χ0) is 19.9. The summed E-state index contributed by atoms with van der Waals surface area (Å²) in [6, 6.07) is 11.6. The highest BCUT2D eigenvalue weighted by molar-refractivity contribution is 5.98. The van der Waals surface area contributed by atoms with Crippen LogP contribution >= 0.6 is 0 Å². The first-order valence-corrected chi connectivity index (χ1v) is 9.78. The van der Waals surface area contributed by atoms with Gasteiger partial charge in [0.2, 0.25) is 5.91 Å². The second-order valence-corrected chi connectivity index (χ2v) is 7.49. The summed E-state index contributed by atoms with van der Waals surface area (Å²) in [4.78, 5) is 30.6.